The molecule has 2 aliphatic heterocycles. The molecule has 0 aromatic heterocycles. The lowest BCUT2D eigenvalue weighted by molar-refractivity contribution is -0.131. The molecule has 0 spiro atoms. The lowest BCUT2D eigenvalue weighted by Gasteiger charge is -2.35. The minimum Gasteiger partial charge on any atom is -0.490 e. The first-order valence-electron chi connectivity index (χ1n) is 11.3. The molecule has 7 heteroatoms. The fraction of sp³-hybridized carbons (Fsp3) is 0.440. The number of rotatable bonds is 4. The Morgan fingerprint density at radius 3 is 2.31 bits per heavy atom. The van der Waals surface area contributed by atoms with Gasteiger partial charge in [-0.3, -0.25) is 4.79 Å². The maximum absolute atomic E-state index is 12.8. The molecule has 0 aliphatic carbocycles. The fourth-order valence-corrected chi connectivity index (χ4v) is 3.96. The number of hydrogen-bond donors (Lipinski definition) is 1. The van der Waals surface area contributed by atoms with Gasteiger partial charge in [-0.1, -0.05) is 35.9 Å². The van der Waals surface area contributed by atoms with Crippen LogP contribution in [0.5, 0.6) is 11.5 Å². The third-order valence-electron chi connectivity index (χ3n) is 6.01. The van der Waals surface area contributed by atoms with E-state index in [1.807, 2.05) is 61.2 Å². The molecule has 7 nitrogen and oxygen atoms in total. The van der Waals surface area contributed by atoms with Crippen LogP contribution in [-0.2, 0) is 11.2 Å². The molecule has 3 amide bonds. The number of urea groups is 1. The Balaban J connectivity index is 1.27. The number of aryl methyl sites for hydroxylation is 1. The van der Waals surface area contributed by atoms with Crippen molar-refractivity contribution in [3.8, 4) is 11.5 Å². The van der Waals surface area contributed by atoms with Crippen molar-refractivity contribution < 1.29 is 19.1 Å². The molecule has 0 saturated carbocycles. The van der Waals surface area contributed by atoms with Crippen LogP contribution in [0, 0.1) is 6.92 Å². The van der Waals surface area contributed by atoms with Gasteiger partial charge in [0.1, 0.15) is 0 Å². The van der Waals surface area contributed by atoms with Crippen LogP contribution >= 0.6 is 0 Å². The number of hydrogen-bond acceptors (Lipinski definition) is 4. The molecular formula is C25H31N3O4. The maximum Gasteiger partial charge on any atom is 0.317 e. The molecule has 170 valence electrons. The summed E-state index contributed by atoms with van der Waals surface area (Å²) in [7, 11) is 0. The highest BCUT2D eigenvalue weighted by molar-refractivity contribution is 5.79. The summed E-state index contributed by atoms with van der Waals surface area (Å²) in [6, 6.07) is 13.6. The summed E-state index contributed by atoms with van der Waals surface area (Å²) < 4.78 is 11.4. The predicted octanol–water partition coefficient (Wildman–Crippen LogP) is 3.31. The number of piperazine rings is 1. The summed E-state index contributed by atoms with van der Waals surface area (Å²) in [4.78, 5) is 29.0. The van der Waals surface area contributed by atoms with E-state index in [-0.39, 0.29) is 18.0 Å². The molecule has 1 N–H and O–H groups in total. The first kappa shape index (κ1) is 22.0. The van der Waals surface area contributed by atoms with Gasteiger partial charge in [0.25, 0.3) is 0 Å². The number of nitrogens with zero attached hydrogens (tertiary/aromatic N) is 2. The molecule has 4 rings (SSSR count). The molecule has 2 aromatic rings. The van der Waals surface area contributed by atoms with Crippen molar-refractivity contribution in [1.29, 1.82) is 0 Å². The van der Waals surface area contributed by atoms with Gasteiger partial charge in [0.15, 0.2) is 11.5 Å². The van der Waals surface area contributed by atoms with Gasteiger partial charge in [-0.05, 0) is 37.1 Å². The lowest BCUT2D eigenvalue weighted by atomic mass is 10.1. The monoisotopic (exact) mass is 437 g/mol. The number of nitrogens with one attached hydrogen (secondary N) is 1. The van der Waals surface area contributed by atoms with Gasteiger partial charge in [0, 0.05) is 32.6 Å². The SMILES string of the molecule is Cc1ccc(CC(=O)N2CCN(C(=O)NC(C)c3ccc4c(c3)OCCCO4)CC2)cc1. The molecule has 2 aromatic carbocycles. The van der Waals surface area contributed by atoms with Gasteiger partial charge in [0.2, 0.25) is 5.91 Å². The summed E-state index contributed by atoms with van der Waals surface area (Å²) in [6.45, 7) is 7.43. The molecule has 0 radical (unpaired) electrons. The highest BCUT2D eigenvalue weighted by Crippen LogP contribution is 2.32. The Labute approximate surface area is 189 Å². The number of ether oxygens (including phenoxy) is 2. The van der Waals surface area contributed by atoms with Crippen molar-refractivity contribution in [3.05, 3.63) is 59.2 Å². The summed E-state index contributed by atoms with van der Waals surface area (Å²) in [6.07, 6.45) is 1.25. The van der Waals surface area contributed by atoms with Crippen LogP contribution in [0.4, 0.5) is 4.79 Å². The van der Waals surface area contributed by atoms with Crippen LogP contribution in [0.15, 0.2) is 42.5 Å². The van der Waals surface area contributed by atoms with Crippen LogP contribution in [-0.4, -0.2) is 61.1 Å². The first-order chi connectivity index (χ1) is 15.5. The van der Waals surface area contributed by atoms with Gasteiger partial charge in [0.05, 0.1) is 25.7 Å². The largest absolute Gasteiger partial charge is 0.490 e. The minimum atomic E-state index is -0.166. The van der Waals surface area contributed by atoms with E-state index >= 15 is 0 Å². The maximum atomic E-state index is 12.8. The smallest absolute Gasteiger partial charge is 0.317 e. The van der Waals surface area contributed by atoms with Crippen LogP contribution in [0.25, 0.3) is 0 Å². The van der Waals surface area contributed by atoms with Gasteiger partial charge < -0.3 is 24.6 Å². The van der Waals surface area contributed by atoms with E-state index in [1.165, 1.54) is 5.56 Å². The zero-order valence-electron chi connectivity index (χ0n) is 18.8. The van der Waals surface area contributed by atoms with E-state index in [9.17, 15) is 9.59 Å². The molecule has 1 atom stereocenters. The Bertz CT molecular complexity index is 952. The lowest BCUT2D eigenvalue weighted by Crippen LogP contribution is -2.53. The number of fused-ring (bicyclic) bond motifs is 1. The van der Waals surface area contributed by atoms with Gasteiger partial charge in [-0.2, -0.15) is 0 Å². The van der Waals surface area contributed by atoms with Gasteiger partial charge in [-0.25, -0.2) is 4.79 Å². The second kappa shape index (κ2) is 9.94. The highest BCUT2D eigenvalue weighted by Gasteiger charge is 2.25. The van der Waals surface area contributed by atoms with Crippen molar-refractivity contribution in [1.82, 2.24) is 15.1 Å². The molecule has 0 bridgehead atoms. The zero-order valence-corrected chi connectivity index (χ0v) is 18.8. The topological polar surface area (TPSA) is 71.1 Å². The molecule has 2 aliphatic rings. The Morgan fingerprint density at radius 1 is 0.938 bits per heavy atom. The number of amides is 3. The molecule has 1 fully saturated rings. The van der Waals surface area contributed by atoms with Gasteiger partial charge in [-0.15, -0.1) is 0 Å². The summed E-state index contributed by atoms with van der Waals surface area (Å²) in [5.74, 6) is 1.58. The number of benzene rings is 2. The van der Waals surface area contributed by atoms with Crippen LogP contribution in [0.2, 0.25) is 0 Å². The zero-order chi connectivity index (χ0) is 22.5. The molecule has 32 heavy (non-hydrogen) atoms. The van der Waals surface area contributed by atoms with Crippen molar-refractivity contribution in [2.45, 2.75) is 32.7 Å². The van der Waals surface area contributed by atoms with Crippen molar-refractivity contribution >= 4 is 11.9 Å². The molecule has 2 heterocycles. The Hall–Kier alpha value is -3.22. The summed E-state index contributed by atoms with van der Waals surface area (Å²) in [5.41, 5.74) is 3.17. The average Bonchev–Trinajstić information content (AvgIpc) is 3.05. The average molecular weight is 438 g/mol. The number of carbonyl (C=O) groups excluding carboxylic acids is 2. The third-order valence-corrected chi connectivity index (χ3v) is 6.01. The summed E-state index contributed by atoms with van der Waals surface area (Å²) >= 11 is 0. The summed E-state index contributed by atoms with van der Waals surface area (Å²) in [5, 5.41) is 3.06. The highest BCUT2D eigenvalue weighted by atomic mass is 16.5. The van der Waals surface area contributed by atoms with Crippen molar-refractivity contribution in [2.24, 2.45) is 0 Å². The van der Waals surface area contributed by atoms with E-state index < -0.39 is 0 Å². The van der Waals surface area contributed by atoms with E-state index in [1.54, 1.807) is 4.90 Å². The van der Waals surface area contributed by atoms with E-state index in [0.29, 0.717) is 45.8 Å². The van der Waals surface area contributed by atoms with Crippen molar-refractivity contribution in [3.63, 3.8) is 0 Å². The minimum absolute atomic E-state index is 0.106. The Morgan fingerprint density at radius 2 is 1.59 bits per heavy atom. The van der Waals surface area contributed by atoms with Crippen LogP contribution in [0.3, 0.4) is 0 Å². The number of carbonyl (C=O) groups is 2. The quantitative estimate of drug-likeness (QED) is 0.797. The fourth-order valence-electron chi connectivity index (χ4n) is 3.96. The standard InChI is InChI=1S/C25H31N3O4/c1-18-4-6-20(7-5-18)16-24(29)27-10-12-28(13-11-27)25(30)26-19(2)21-8-9-22-23(17-21)32-15-3-14-31-22/h4-9,17,19H,3,10-16H2,1-2H3,(H,26,30). The van der Waals surface area contributed by atoms with E-state index in [2.05, 4.69) is 5.32 Å². The molecular weight excluding hydrogens is 406 g/mol. The van der Waals surface area contributed by atoms with Crippen LogP contribution < -0.4 is 14.8 Å². The predicted molar refractivity (Wildman–Crippen MR) is 122 cm³/mol. The van der Waals surface area contributed by atoms with Gasteiger partial charge >= 0.3 is 6.03 Å². The van der Waals surface area contributed by atoms with Crippen LogP contribution in [0.1, 0.15) is 36.1 Å². The second-order valence-electron chi connectivity index (χ2n) is 8.46. The van der Waals surface area contributed by atoms with E-state index in [0.717, 1.165) is 29.0 Å². The molecule has 1 saturated heterocycles. The normalized spacial score (nSPS) is 16.8. The van der Waals surface area contributed by atoms with E-state index in [4.69, 9.17) is 9.47 Å². The first-order valence-corrected chi connectivity index (χ1v) is 11.3. The third kappa shape index (κ3) is 5.33. The van der Waals surface area contributed by atoms with Crippen molar-refractivity contribution in [2.75, 3.05) is 39.4 Å². The second-order valence-corrected chi connectivity index (χ2v) is 8.46. The molecule has 1 unspecified atom stereocenters. The Kier molecular flexibility index (Phi) is 6.83.